The Hall–Kier alpha value is -2.80. The van der Waals surface area contributed by atoms with Crippen LogP contribution in [0.2, 0.25) is 10.0 Å². The Labute approximate surface area is 191 Å². The number of sulfonamides is 1. The van der Waals surface area contributed by atoms with Crippen molar-refractivity contribution in [2.45, 2.75) is 18.2 Å². The smallest absolute Gasteiger partial charge is 0.261 e. The van der Waals surface area contributed by atoms with Crippen LogP contribution in [0.25, 0.3) is 0 Å². The summed E-state index contributed by atoms with van der Waals surface area (Å²) in [4.78, 5) is 4.43. The highest BCUT2D eigenvalue weighted by molar-refractivity contribution is 7.92. The molecule has 0 aliphatic rings. The van der Waals surface area contributed by atoms with Crippen molar-refractivity contribution < 1.29 is 13.5 Å². The molecule has 0 aliphatic heterocycles. The molecular formula is C23H20Cl2N2O3S. The third-order valence-electron chi connectivity index (χ3n) is 4.47. The van der Waals surface area contributed by atoms with E-state index >= 15 is 0 Å². The normalized spacial score (nSPS) is 11.6. The predicted octanol–water partition coefficient (Wildman–Crippen LogP) is 6.29. The van der Waals surface area contributed by atoms with E-state index in [1.165, 1.54) is 30.5 Å². The zero-order chi connectivity index (χ0) is 22.6. The molecule has 3 aromatic carbocycles. The lowest BCUT2D eigenvalue weighted by molar-refractivity contribution is 0.469. The number of nitrogens with one attached hydrogen (secondary N) is 1. The zero-order valence-electron chi connectivity index (χ0n) is 16.6. The van der Waals surface area contributed by atoms with Gasteiger partial charge in [0.25, 0.3) is 10.0 Å². The average molecular weight is 475 g/mol. The monoisotopic (exact) mass is 474 g/mol. The molecule has 0 heterocycles. The second-order valence-electron chi connectivity index (χ2n) is 6.81. The number of aliphatic imine (C=N–C) groups is 1. The van der Waals surface area contributed by atoms with Gasteiger partial charge in [-0.1, -0.05) is 59.1 Å². The quantitative estimate of drug-likeness (QED) is 0.312. The van der Waals surface area contributed by atoms with Gasteiger partial charge in [-0.25, -0.2) is 8.42 Å². The minimum atomic E-state index is -3.85. The van der Waals surface area contributed by atoms with Crippen LogP contribution in [0.4, 0.5) is 11.4 Å². The summed E-state index contributed by atoms with van der Waals surface area (Å²) in [5.74, 6) is 0.0940. The van der Waals surface area contributed by atoms with Crippen LogP contribution >= 0.6 is 23.2 Å². The number of allylic oxidation sites excluding steroid dienone is 1. The molecular weight excluding hydrogens is 455 g/mol. The lowest BCUT2D eigenvalue weighted by Crippen LogP contribution is -2.13. The summed E-state index contributed by atoms with van der Waals surface area (Å²) in [6, 6.07) is 14.6. The van der Waals surface area contributed by atoms with Gasteiger partial charge in [-0.05, 0) is 49.2 Å². The van der Waals surface area contributed by atoms with Crippen molar-refractivity contribution in [1.82, 2.24) is 0 Å². The third kappa shape index (κ3) is 5.47. The minimum Gasteiger partial charge on any atom is -0.507 e. The Morgan fingerprint density at radius 2 is 1.81 bits per heavy atom. The SMILES string of the molecule is C=CCc1cccc(C=Nc2cc(NS(=O)(=O)c3ccc(C)cc3)c(Cl)cc2Cl)c1O. The van der Waals surface area contributed by atoms with E-state index in [1.54, 1.807) is 36.4 Å². The molecule has 0 aliphatic carbocycles. The molecule has 0 radical (unpaired) electrons. The van der Waals surface area contributed by atoms with Crippen LogP contribution in [-0.2, 0) is 16.4 Å². The van der Waals surface area contributed by atoms with Gasteiger partial charge in [0.2, 0.25) is 0 Å². The molecule has 0 spiro atoms. The molecule has 0 atom stereocenters. The van der Waals surface area contributed by atoms with E-state index in [4.69, 9.17) is 23.2 Å². The summed E-state index contributed by atoms with van der Waals surface area (Å²) in [6.45, 7) is 5.54. The van der Waals surface area contributed by atoms with Gasteiger partial charge in [0.15, 0.2) is 0 Å². The summed E-state index contributed by atoms with van der Waals surface area (Å²) in [5, 5.41) is 10.8. The highest BCUT2D eigenvalue weighted by Crippen LogP contribution is 2.36. The summed E-state index contributed by atoms with van der Waals surface area (Å²) >= 11 is 12.4. The van der Waals surface area contributed by atoms with Crippen molar-refractivity contribution in [2.75, 3.05) is 4.72 Å². The first kappa shape index (κ1) is 22.9. The molecule has 160 valence electrons. The molecule has 0 aromatic heterocycles. The zero-order valence-corrected chi connectivity index (χ0v) is 19.0. The van der Waals surface area contributed by atoms with E-state index in [0.29, 0.717) is 23.2 Å². The topological polar surface area (TPSA) is 78.8 Å². The van der Waals surface area contributed by atoms with Crippen LogP contribution in [0.3, 0.4) is 0 Å². The van der Waals surface area contributed by atoms with E-state index in [0.717, 1.165) is 5.56 Å². The highest BCUT2D eigenvalue weighted by atomic mass is 35.5. The summed E-state index contributed by atoms with van der Waals surface area (Å²) in [6.07, 6.45) is 3.66. The maximum absolute atomic E-state index is 12.7. The van der Waals surface area contributed by atoms with Gasteiger partial charge < -0.3 is 5.11 Å². The maximum atomic E-state index is 12.7. The van der Waals surface area contributed by atoms with E-state index in [-0.39, 0.29) is 26.4 Å². The average Bonchev–Trinajstić information content (AvgIpc) is 2.72. The standard InChI is InChI=1S/C23H20Cl2N2O3S/c1-3-5-16-6-4-7-17(23(16)28)14-26-21-13-22(20(25)12-19(21)24)27-31(29,30)18-10-8-15(2)9-11-18/h3-4,6-14,27-28H,1,5H2,2H3. The van der Waals surface area contributed by atoms with E-state index in [9.17, 15) is 13.5 Å². The van der Waals surface area contributed by atoms with Gasteiger partial charge in [-0.3, -0.25) is 9.71 Å². The van der Waals surface area contributed by atoms with E-state index < -0.39 is 10.0 Å². The fourth-order valence-electron chi connectivity index (χ4n) is 2.81. The van der Waals surface area contributed by atoms with Crippen LogP contribution in [0.1, 0.15) is 16.7 Å². The van der Waals surface area contributed by atoms with Crippen molar-refractivity contribution in [2.24, 2.45) is 4.99 Å². The van der Waals surface area contributed by atoms with Crippen molar-refractivity contribution in [3.63, 3.8) is 0 Å². The van der Waals surface area contributed by atoms with Crippen LogP contribution in [0, 0.1) is 6.92 Å². The minimum absolute atomic E-state index is 0.0940. The highest BCUT2D eigenvalue weighted by Gasteiger charge is 2.17. The molecule has 5 nitrogen and oxygen atoms in total. The number of hydrogen-bond donors (Lipinski definition) is 2. The van der Waals surface area contributed by atoms with Crippen LogP contribution < -0.4 is 4.72 Å². The fourth-order valence-corrected chi connectivity index (χ4v) is 4.42. The molecule has 31 heavy (non-hydrogen) atoms. The van der Waals surface area contributed by atoms with Crippen molar-refractivity contribution >= 4 is 50.8 Å². The lowest BCUT2D eigenvalue weighted by atomic mass is 10.1. The first-order chi connectivity index (χ1) is 14.7. The van der Waals surface area contributed by atoms with Crippen LogP contribution in [0.5, 0.6) is 5.75 Å². The first-order valence-electron chi connectivity index (χ1n) is 9.25. The van der Waals surface area contributed by atoms with Crippen molar-refractivity contribution in [1.29, 1.82) is 0 Å². The Kier molecular flexibility index (Phi) is 7.05. The Morgan fingerprint density at radius 3 is 2.48 bits per heavy atom. The summed E-state index contributed by atoms with van der Waals surface area (Å²) < 4.78 is 27.9. The van der Waals surface area contributed by atoms with Crippen molar-refractivity contribution in [3.8, 4) is 5.75 Å². The van der Waals surface area contributed by atoms with Crippen molar-refractivity contribution in [3.05, 3.63) is 94.0 Å². The van der Waals surface area contributed by atoms with Gasteiger partial charge in [0.1, 0.15) is 5.75 Å². The molecule has 3 rings (SSSR count). The number of anilines is 1. The molecule has 0 saturated heterocycles. The number of halogens is 2. The number of aryl methyl sites for hydroxylation is 1. The molecule has 0 amide bonds. The number of aromatic hydroxyl groups is 1. The third-order valence-corrected chi connectivity index (χ3v) is 6.47. The first-order valence-corrected chi connectivity index (χ1v) is 11.5. The van der Waals surface area contributed by atoms with Crippen LogP contribution in [-0.4, -0.2) is 19.7 Å². The second-order valence-corrected chi connectivity index (χ2v) is 9.30. The van der Waals surface area contributed by atoms with Crippen LogP contribution in [0.15, 0.2) is 77.1 Å². The number of phenolic OH excluding ortho intramolecular Hbond substituents is 1. The fraction of sp³-hybridized carbons (Fsp3) is 0.0870. The molecule has 2 N–H and O–H groups in total. The molecule has 0 fully saturated rings. The molecule has 8 heteroatoms. The summed E-state index contributed by atoms with van der Waals surface area (Å²) in [5.41, 5.74) is 2.59. The lowest BCUT2D eigenvalue weighted by Gasteiger charge is -2.11. The van der Waals surface area contributed by atoms with E-state index in [1.807, 2.05) is 6.92 Å². The number of benzene rings is 3. The number of nitrogens with zero attached hydrogens (tertiary/aromatic N) is 1. The number of hydrogen-bond acceptors (Lipinski definition) is 4. The predicted molar refractivity (Wildman–Crippen MR) is 128 cm³/mol. The van der Waals surface area contributed by atoms with Gasteiger partial charge in [0.05, 0.1) is 26.3 Å². The molecule has 3 aromatic rings. The van der Waals surface area contributed by atoms with Gasteiger partial charge in [-0.15, -0.1) is 6.58 Å². The Balaban J connectivity index is 1.93. The molecule has 0 unspecified atom stereocenters. The second kappa shape index (κ2) is 9.56. The Bertz CT molecular complexity index is 1250. The number of para-hydroxylation sites is 1. The number of phenols is 1. The maximum Gasteiger partial charge on any atom is 0.261 e. The number of rotatable bonds is 7. The largest absolute Gasteiger partial charge is 0.507 e. The molecule has 0 saturated carbocycles. The molecule has 0 bridgehead atoms. The Morgan fingerprint density at radius 1 is 1.10 bits per heavy atom. The van der Waals surface area contributed by atoms with Gasteiger partial charge in [0, 0.05) is 11.8 Å². The summed E-state index contributed by atoms with van der Waals surface area (Å²) in [7, 11) is -3.85. The van der Waals surface area contributed by atoms with E-state index in [2.05, 4.69) is 16.3 Å². The van der Waals surface area contributed by atoms with Gasteiger partial charge >= 0.3 is 0 Å². The van der Waals surface area contributed by atoms with Gasteiger partial charge in [-0.2, -0.15) is 0 Å².